The molecule has 2 nitrogen and oxygen atoms in total. The smallest absolute Gasteiger partial charge is 0.127 e. The summed E-state index contributed by atoms with van der Waals surface area (Å²) >= 11 is 3.53. The van der Waals surface area contributed by atoms with Gasteiger partial charge in [-0.3, -0.25) is 0 Å². The van der Waals surface area contributed by atoms with E-state index in [-0.39, 0.29) is 5.92 Å². The predicted octanol–water partition coefficient (Wildman–Crippen LogP) is 2.73. The van der Waals surface area contributed by atoms with Gasteiger partial charge in [0.2, 0.25) is 0 Å². The van der Waals surface area contributed by atoms with E-state index in [1.807, 2.05) is 24.3 Å². The van der Waals surface area contributed by atoms with Crippen LogP contribution in [0.4, 0.5) is 0 Å². The molecule has 0 spiro atoms. The molecule has 0 amide bonds. The highest BCUT2D eigenvalue weighted by Gasteiger charge is 2.25. The third-order valence-electron chi connectivity index (χ3n) is 3.25. The van der Waals surface area contributed by atoms with Gasteiger partial charge in [0.1, 0.15) is 6.29 Å². The second-order valence-electron chi connectivity index (χ2n) is 4.29. The first-order valence-corrected chi connectivity index (χ1v) is 6.52. The minimum absolute atomic E-state index is 0.0170. The van der Waals surface area contributed by atoms with Gasteiger partial charge in [0.05, 0.1) is 0 Å². The lowest BCUT2D eigenvalue weighted by atomic mass is 9.82. The molecule has 2 atom stereocenters. The van der Waals surface area contributed by atoms with E-state index >= 15 is 0 Å². The number of hydrogen-bond acceptors (Lipinski definition) is 2. The van der Waals surface area contributed by atoms with Crippen molar-refractivity contribution < 1.29 is 4.79 Å². The quantitative estimate of drug-likeness (QED) is 0.864. The molecule has 1 saturated heterocycles. The minimum Gasteiger partial charge on any atom is -0.316 e. The van der Waals surface area contributed by atoms with Crippen LogP contribution in [-0.4, -0.2) is 19.4 Å². The number of halogens is 1. The van der Waals surface area contributed by atoms with Crippen molar-refractivity contribution in [2.24, 2.45) is 5.92 Å². The van der Waals surface area contributed by atoms with Crippen molar-refractivity contribution in [1.82, 2.24) is 5.32 Å². The number of piperidine rings is 1. The zero-order chi connectivity index (χ0) is 11.4. The number of aldehydes is 1. The maximum atomic E-state index is 11.3. The molecule has 16 heavy (non-hydrogen) atoms. The molecule has 2 unspecified atom stereocenters. The van der Waals surface area contributed by atoms with Crippen molar-refractivity contribution >= 4 is 22.2 Å². The molecule has 3 heteroatoms. The molecule has 1 heterocycles. The van der Waals surface area contributed by atoms with Crippen LogP contribution < -0.4 is 5.32 Å². The number of carbonyl (C=O) groups is 1. The van der Waals surface area contributed by atoms with Gasteiger partial charge in [0.15, 0.2) is 0 Å². The molecule has 0 aromatic heterocycles. The third-order valence-corrected chi connectivity index (χ3v) is 3.98. The third kappa shape index (κ3) is 2.53. The second-order valence-corrected chi connectivity index (χ2v) is 5.14. The number of hydrogen-bond donors (Lipinski definition) is 1. The van der Waals surface area contributed by atoms with E-state index in [1.54, 1.807) is 0 Å². The van der Waals surface area contributed by atoms with Crippen LogP contribution in [-0.2, 0) is 4.79 Å². The molecule has 1 fully saturated rings. The Morgan fingerprint density at radius 2 is 2.25 bits per heavy atom. The van der Waals surface area contributed by atoms with Crippen LogP contribution in [0.5, 0.6) is 0 Å². The summed E-state index contributed by atoms with van der Waals surface area (Å²) < 4.78 is 1.04. The van der Waals surface area contributed by atoms with Gasteiger partial charge in [0, 0.05) is 10.4 Å². The van der Waals surface area contributed by atoms with Crippen molar-refractivity contribution in [2.45, 2.75) is 18.8 Å². The monoisotopic (exact) mass is 281 g/mol. The first kappa shape index (κ1) is 11.8. The van der Waals surface area contributed by atoms with Crippen molar-refractivity contribution in [1.29, 1.82) is 0 Å². The van der Waals surface area contributed by atoms with Gasteiger partial charge in [-0.15, -0.1) is 0 Å². The van der Waals surface area contributed by atoms with Crippen molar-refractivity contribution in [3.8, 4) is 0 Å². The zero-order valence-corrected chi connectivity index (χ0v) is 10.7. The Kier molecular flexibility index (Phi) is 4.13. The van der Waals surface area contributed by atoms with Crippen molar-refractivity contribution in [2.75, 3.05) is 13.1 Å². The molecule has 0 aliphatic carbocycles. The van der Waals surface area contributed by atoms with E-state index < -0.39 is 0 Å². The number of nitrogens with one attached hydrogen (secondary N) is 1. The first-order chi connectivity index (χ1) is 7.83. The molecule has 1 aromatic carbocycles. The van der Waals surface area contributed by atoms with E-state index in [4.69, 9.17) is 0 Å². The number of carbonyl (C=O) groups excluding carboxylic acids is 1. The zero-order valence-electron chi connectivity index (χ0n) is 9.16. The van der Waals surface area contributed by atoms with Gasteiger partial charge in [-0.1, -0.05) is 34.1 Å². The van der Waals surface area contributed by atoms with E-state index in [1.165, 1.54) is 6.42 Å². The van der Waals surface area contributed by atoms with Crippen LogP contribution in [0.3, 0.4) is 0 Å². The first-order valence-electron chi connectivity index (χ1n) is 5.73. The summed E-state index contributed by atoms with van der Waals surface area (Å²) in [6, 6.07) is 8.02. The van der Waals surface area contributed by atoms with Crippen LogP contribution in [0.1, 0.15) is 24.3 Å². The van der Waals surface area contributed by atoms with Crippen LogP contribution >= 0.6 is 15.9 Å². The van der Waals surface area contributed by atoms with E-state index in [2.05, 4.69) is 21.2 Å². The number of benzene rings is 1. The van der Waals surface area contributed by atoms with Crippen LogP contribution in [0.2, 0.25) is 0 Å². The van der Waals surface area contributed by atoms with Crippen LogP contribution in [0.25, 0.3) is 0 Å². The van der Waals surface area contributed by atoms with Gasteiger partial charge in [0.25, 0.3) is 0 Å². The molecule has 0 radical (unpaired) electrons. The molecular weight excluding hydrogens is 266 g/mol. The van der Waals surface area contributed by atoms with E-state index in [0.29, 0.717) is 5.92 Å². The van der Waals surface area contributed by atoms with Crippen molar-refractivity contribution in [3.63, 3.8) is 0 Å². The number of rotatable bonds is 3. The summed E-state index contributed by atoms with van der Waals surface area (Å²) in [6.07, 6.45) is 3.40. The van der Waals surface area contributed by atoms with Crippen LogP contribution in [0.15, 0.2) is 28.7 Å². The molecule has 86 valence electrons. The lowest BCUT2D eigenvalue weighted by molar-refractivity contribution is -0.110. The van der Waals surface area contributed by atoms with Crippen molar-refractivity contribution in [3.05, 3.63) is 34.3 Å². The summed E-state index contributed by atoms with van der Waals surface area (Å²) in [4.78, 5) is 11.3. The molecule has 0 bridgehead atoms. The maximum Gasteiger partial charge on any atom is 0.127 e. The Hall–Kier alpha value is -0.670. The highest BCUT2D eigenvalue weighted by atomic mass is 79.9. The average Bonchev–Trinajstić information content (AvgIpc) is 2.34. The Morgan fingerprint density at radius 1 is 1.44 bits per heavy atom. The van der Waals surface area contributed by atoms with Gasteiger partial charge >= 0.3 is 0 Å². The fraction of sp³-hybridized carbons (Fsp3) is 0.462. The highest BCUT2D eigenvalue weighted by Crippen LogP contribution is 2.32. The summed E-state index contributed by atoms with van der Waals surface area (Å²) in [5, 5.41) is 3.36. The lowest BCUT2D eigenvalue weighted by Gasteiger charge is -2.28. The van der Waals surface area contributed by atoms with E-state index in [0.717, 1.165) is 35.8 Å². The Bertz CT molecular complexity index is 361. The van der Waals surface area contributed by atoms with Gasteiger partial charge in [-0.05, 0) is 43.5 Å². The summed E-state index contributed by atoms with van der Waals surface area (Å²) in [6.45, 7) is 2.03. The Balaban J connectivity index is 2.21. The SMILES string of the molecule is O=CC(c1ccccc1Br)C1CCCNC1. The Labute approximate surface area is 105 Å². The standard InChI is InChI=1S/C13H16BrNO/c14-13-6-2-1-5-11(13)12(9-16)10-4-3-7-15-8-10/h1-2,5-6,9-10,12,15H,3-4,7-8H2. The molecule has 1 aliphatic rings. The molecule has 1 N–H and O–H groups in total. The maximum absolute atomic E-state index is 11.3. The summed E-state index contributed by atoms with van der Waals surface area (Å²) in [5.74, 6) is 0.452. The minimum atomic E-state index is 0.0170. The molecular formula is C13H16BrNO. The Morgan fingerprint density at radius 3 is 2.88 bits per heavy atom. The summed E-state index contributed by atoms with van der Waals surface area (Å²) in [7, 11) is 0. The topological polar surface area (TPSA) is 29.1 Å². The summed E-state index contributed by atoms with van der Waals surface area (Å²) in [5.41, 5.74) is 1.12. The van der Waals surface area contributed by atoms with E-state index in [9.17, 15) is 4.79 Å². The molecule has 0 saturated carbocycles. The second kappa shape index (κ2) is 5.60. The van der Waals surface area contributed by atoms with Gasteiger partial charge in [-0.2, -0.15) is 0 Å². The predicted molar refractivity (Wildman–Crippen MR) is 68.5 cm³/mol. The van der Waals surface area contributed by atoms with Gasteiger partial charge in [-0.25, -0.2) is 0 Å². The highest BCUT2D eigenvalue weighted by molar-refractivity contribution is 9.10. The normalized spacial score (nSPS) is 22.7. The molecule has 2 rings (SSSR count). The van der Waals surface area contributed by atoms with Gasteiger partial charge < -0.3 is 10.1 Å². The largest absolute Gasteiger partial charge is 0.316 e. The van der Waals surface area contributed by atoms with Crippen LogP contribution in [0, 0.1) is 5.92 Å². The fourth-order valence-corrected chi connectivity index (χ4v) is 2.92. The molecule has 1 aromatic rings. The lowest BCUT2D eigenvalue weighted by Crippen LogP contribution is -2.33. The molecule has 1 aliphatic heterocycles. The fourth-order valence-electron chi connectivity index (χ4n) is 2.37. The average molecular weight is 282 g/mol.